The molecule has 2 unspecified atom stereocenters. The van der Waals surface area contributed by atoms with E-state index in [4.69, 9.17) is 32.0 Å². The summed E-state index contributed by atoms with van der Waals surface area (Å²) in [6.07, 6.45) is -0.278. The molecule has 0 aromatic heterocycles. The molecule has 2 atom stereocenters. The van der Waals surface area contributed by atoms with Gasteiger partial charge >= 0.3 is 11.9 Å². The van der Waals surface area contributed by atoms with Gasteiger partial charge in [0.2, 0.25) is 0 Å². The van der Waals surface area contributed by atoms with E-state index in [9.17, 15) is 14.2 Å². The Hall–Kier alpha value is -3.09. The largest absolute Gasteiger partial charge is 0.478 e. The van der Waals surface area contributed by atoms with Crippen molar-refractivity contribution in [2.45, 2.75) is 32.5 Å². The van der Waals surface area contributed by atoms with Crippen molar-refractivity contribution in [2.24, 2.45) is 0 Å². The first-order chi connectivity index (χ1) is 16.1. The summed E-state index contributed by atoms with van der Waals surface area (Å²) in [5.41, 5.74) is 0.662. The summed E-state index contributed by atoms with van der Waals surface area (Å²) < 4.78 is 10.2. The average molecular weight is 507 g/mol. The molecule has 0 fully saturated rings. The molecule has 0 saturated carbocycles. The zero-order chi connectivity index (χ0) is 25.9. The highest BCUT2D eigenvalue weighted by Gasteiger charge is 1.99. The van der Waals surface area contributed by atoms with E-state index in [0.717, 1.165) is 0 Å². The van der Waals surface area contributed by atoms with Crippen LogP contribution in [0.4, 0.5) is 0 Å². The molecule has 34 heavy (non-hydrogen) atoms. The van der Waals surface area contributed by atoms with Gasteiger partial charge in [0.15, 0.2) is 8.46 Å². The zero-order valence-electron chi connectivity index (χ0n) is 18.8. The van der Waals surface area contributed by atoms with Crippen LogP contribution < -0.4 is 5.30 Å². The van der Waals surface area contributed by atoms with Gasteiger partial charge in [-0.25, -0.2) is 9.59 Å². The average Bonchev–Trinajstić information content (AvgIpc) is 2.80. The van der Waals surface area contributed by atoms with Crippen LogP contribution in [-0.2, 0) is 4.57 Å². The molecule has 0 amide bonds. The minimum absolute atomic E-state index is 0.0202. The molecule has 9 heteroatoms. The van der Waals surface area contributed by atoms with Gasteiger partial charge in [-0.1, -0.05) is 54.1 Å². The van der Waals surface area contributed by atoms with E-state index >= 15 is 0 Å². The van der Waals surface area contributed by atoms with E-state index < -0.39 is 11.9 Å². The SMILES string of the molecule is CC(O)CC(C)O.O=C(O)c1ccccc1.O=C(O)c1ccccc1.O=Pc1cccc(Cl)c1. The monoisotopic (exact) mass is 506 g/mol. The third-order valence-electron chi connectivity index (χ3n) is 3.64. The fourth-order valence-corrected chi connectivity index (χ4v) is 2.79. The molecule has 0 radical (unpaired) electrons. The highest BCUT2D eigenvalue weighted by atomic mass is 35.5. The smallest absolute Gasteiger partial charge is 0.335 e. The van der Waals surface area contributed by atoms with E-state index in [1.54, 1.807) is 98.8 Å². The number of aliphatic hydroxyl groups is 2. The molecule has 4 N–H and O–H groups in total. The Bertz CT molecular complexity index is 925. The summed E-state index contributed by atoms with van der Waals surface area (Å²) in [6.45, 7) is 3.32. The third kappa shape index (κ3) is 16.5. The van der Waals surface area contributed by atoms with E-state index in [-0.39, 0.29) is 20.7 Å². The maximum atomic E-state index is 10.2. The molecule has 7 nitrogen and oxygen atoms in total. The summed E-state index contributed by atoms with van der Waals surface area (Å²) in [5, 5.41) is 35.2. The topological polar surface area (TPSA) is 132 Å². The van der Waals surface area contributed by atoms with E-state index in [2.05, 4.69) is 0 Å². The number of hydrogen-bond acceptors (Lipinski definition) is 5. The lowest BCUT2D eigenvalue weighted by molar-refractivity contribution is 0.0686. The lowest BCUT2D eigenvalue weighted by atomic mass is 10.2. The molecule has 3 rings (SSSR count). The van der Waals surface area contributed by atoms with Crippen molar-refractivity contribution in [3.63, 3.8) is 0 Å². The normalized spacial score (nSPS) is 11.2. The van der Waals surface area contributed by atoms with Crippen LogP contribution in [0.25, 0.3) is 0 Å². The quantitative estimate of drug-likeness (QED) is 0.351. The number of rotatable bonds is 5. The second kappa shape index (κ2) is 18.3. The van der Waals surface area contributed by atoms with Crippen molar-refractivity contribution >= 4 is 37.3 Å². The van der Waals surface area contributed by atoms with Crippen molar-refractivity contribution in [3.8, 4) is 0 Å². The summed E-state index contributed by atoms with van der Waals surface area (Å²) in [5.74, 6) is -1.76. The van der Waals surface area contributed by atoms with Crippen LogP contribution in [0.2, 0.25) is 5.02 Å². The number of carbonyl (C=O) groups is 2. The number of carboxylic acids is 2. The molecule has 0 bridgehead atoms. The summed E-state index contributed by atoms with van der Waals surface area (Å²) in [4.78, 5) is 20.4. The Labute approximate surface area is 205 Å². The van der Waals surface area contributed by atoms with Crippen LogP contribution in [0.5, 0.6) is 0 Å². The lowest BCUT2D eigenvalue weighted by Crippen LogP contribution is -2.10. The number of halogens is 1. The first-order valence-electron chi connectivity index (χ1n) is 10.1. The molecule has 0 heterocycles. The number of aliphatic hydroxyl groups excluding tert-OH is 2. The molecule has 0 spiro atoms. The predicted molar refractivity (Wildman–Crippen MR) is 133 cm³/mol. The second-order valence-corrected chi connectivity index (χ2v) is 7.98. The Morgan fingerprint density at radius 3 is 1.38 bits per heavy atom. The third-order valence-corrected chi connectivity index (χ3v) is 4.36. The van der Waals surface area contributed by atoms with Crippen LogP contribution in [0, 0.1) is 0 Å². The van der Waals surface area contributed by atoms with Crippen LogP contribution in [0.3, 0.4) is 0 Å². The van der Waals surface area contributed by atoms with Gasteiger partial charge in [0.1, 0.15) is 0 Å². The minimum Gasteiger partial charge on any atom is -0.478 e. The number of benzene rings is 3. The van der Waals surface area contributed by atoms with Crippen LogP contribution >= 0.6 is 20.1 Å². The standard InChI is InChI=1S/2C7H6O2.C6H4ClOP.C5H12O2/c2*8-7(9)6-4-2-1-3-5-6;7-5-2-1-3-6(4-5)9-8;1-4(6)3-5(2)7/h2*1-5H,(H,8,9);1-4H;4-7H,3H2,1-2H3. The number of aromatic carboxylic acids is 2. The van der Waals surface area contributed by atoms with Crippen molar-refractivity contribution in [2.75, 3.05) is 0 Å². The molecule has 0 aliphatic rings. The first kappa shape index (κ1) is 30.9. The highest BCUT2D eigenvalue weighted by Crippen LogP contribution is 2.06. The summed E-state index contributed by atoms with van der Waals surface area (Å²) >= 11 is 5.58. The minimum atomic E-state index is -0.879. The Kier molecular flexibility index (Phi) is 16.7. The predicted octanol–water partition coefficient (Wildman–Crippen LogP) is 5.16. The van der Waals surface area contributed by atoms with Crippen LogP contribution in [-0.4, -0.2) is 44.6 Å². The second-order valence-electron chi connectivity index (χ2n) is 6.85. The van der Waals surface area contributed by atoms with Gasteiger partial charge < -0.3 is 20.4 Å². The van der Waals surface area contributed by atoms with Gasteiger partial charge in [0.05, 0.1) is 23.3 Å². The van der Waals surface area contributed by atoms with Crippen LogP contribution in [0.1, 0.15) is 41.0 Å². The molecule has 3 aromatic rings. The van der Waals surface area contributed by atoms with Gasteiger partial charge in [0, 0.05) is 10.3 Å². The van der Waals surface area contributed by atoms with E-state index in [1.807, 2.05) is 0 Å². The van der Waals surface area contributed by atoms with E-state index in [0.29, 0.717) is 27.9 Å². The van der Waals surface area contributed by atoms with Crippen molar-refractivity contribution < 1.29 is 34.6 Å². The number of carboxylic acid groups (broad SMARTS) is 2. The Morgan fingerprint density at radius 1 is 0.765 bits per heavy atom. The Morgan fingerprint density at radius 2 is 1.18 bits per heavy atom. The molecule has 3 aromatic carbocycles. The maximum absolute atomic E-state index is 10.2. The molecule has 0 aliphatic heterocycles. The Balaban J connectivity index is 0.000000430. The van der Waals surface area contributed by atoms with Gasteiger partial charge in [-0.05, 0) is 62.7 Å². The van der Waals surface area contributed by atoms with Gasteiger partial charge in [-0.3, -0.25) is 4.57 Å². The zero-order valence-corrected chi connectivity index (χ0v) is 20.4. The van der Waals surface area contributed by atoms with Crippen molar-refractivity contribution in [1.29, 1.82) is 0 Å². The van der Waals surface area contributed by atoms with Gasteiger partial charge in [-0.2, -0.15) is 0 Å². The fraction of sp³-hybridized carbons (Fsp3) is 0.200. The fourth-order valence-electron chi connectivity index (χ4n) is 2.19. The van der Waals surface area contributed by atoms with Gasteiger partial charge in [0.25, 0.3) is 0 Å². The highest BCUT2D eigenvalue weighted by molar-refractivity contribution is 7.34. The molecule has 0 aliphatic carbocycles. The summed E-state index contributed by atoms with van der Waals surface area (Å²) in [6, 6.07) is 23.5. The van der Waals surface area contributed by atoms with E-state index in [1.165, 1.54) is 0 Å². The summed E-state index contributed by atoms with van der Waals surface area (Å²) in [7, 11) is 0.0202. The lowest BCUT2D eigenvalue weighted by Gasteiger charge is -2.04. The molecule has 0 saturated heterocycles. The molecular formula is C25H28ClO7P. The van der Waals surface area contributed by atoms with Crippen LogP contribution in [0.15, 0.2) is 84.9 Å². The number of hydrogen-bond donors (Lipinski definition) is 4. The first-order valence-corrected chi connectivity index (χ1v) is 11.3. The molecular weight excluding hydrogens is 479 g/mol. The van der Waals surface area contributed by atoms with Crippen molar-refractivity contribution in [3.05, 3.63) is 101 Å². The van der Waals surface area contributed by atoms with Gasteiger partial charge in [-0.15, -0.1) is 0 Å². The molecule has 182 valence electrons. The maximum Gasteiger partial charge on any atom is 0.335 e. The van der Waals surface area contributed by atoms with Crippen molar-refractivity contribution in [1.82, 2.24) is 0 Å².